The van der Waals surface area contributed by atoms with Gasteiger partial charge in [-0.2, -0.15) is 0 Å². The molecule has 0 aliphatic carbocycles. The number of rotatable bonds is 3. The van der Waals surface area contributed by atoms with Crippen LogP contribution in [-0.2, 0) is 11.2 Å². The van der Waals surface area contributed by atoms with Crippen LogP contribution in [0.15, 0.2) is 30.3 Å². The van der Waals surface area contributed by atoms with E-state index in [1.54, 1.807) is 0 Å². The smallest absolute Gasteiger partial charge is 0.216 e. The lowest BCUT2D eigenvalue weighted by molar-refractivity contribution is 0.527. The first-order chi connectivity index (χ1) is 6.88. The molecule has 1 N–H and O–H groups in total. The van der Waals surface area contributed by atoms with Crippen LogP contribution in [0.2, 0.25) is 0 Å². The summed E-state index contributed by atoms with van der Waals surface area (Å²) in [5.74, 6) is 0.587. The fourth-order valence-electron chi connectivity index (χ4n) is 2.00. The molecule has 2 nitrogen and oxygen atoms in total. The standard InChI is InChI=1S/C12H14NO/c14-9-12-7-11(8-13-12)6-10-4-2-1-3-5-10/h1-5,11-13H,6-8H2/t11-,12-/m0/s1. The second kappa shape index (κ2) is 4.38. The zero-order valence-corrected chi connectivity index (χ0v) is 8.07. The van der Waals surface area contributed by atoms with Crippen molar-refractivity contribution >= 4 is 6.29 Å². The maximum Gasteiger partial charge on any atom is 0.216 e. The fourth-order valence-corrected chi connectivity index (χ4v) is 2.00. The summed E-state index contributed by atoms with van der Waals surface area (Å²) in [7, 11) is 0. The Bertz CT molecular complexity index is 296. The summed E-state index contributed by atoms with van der Waals surface area (Å²) in [6, 6.07) is 10.4. The minimum absolute atomic E-state index is 0.0382. The third-order valence-electron chi connectivity index (χ3n) is 2.73. The average Bonchev–Trinajstić information content (AvgIpc) is 2.67. The Hall–Kier alpha value is -1.15. The van der Waals surface area contributed by atoms with Gasteiger partial charge in [0.05, 0.1) is 6.04 Å². The molecule has 1 heterocycles. The van der Waals surface area contributed by atoms with Gasteiger partial charge in [0.1, 0.15) is 0 Å². The molecular formula is C12H14NO. The molecule has 0 spiro atoms. The summed E-state index contributed by atoms with van der Waals surface area (Å²) in [6.45, 7) is 0.939. The maximum absolute atomic E-state index is 10.4. The molecule has 2 rings (SSSR count). The van der Waals surface area contributed by atoms with Crippen molar-refractivity contribution in [2.45, 2.75) is 18.9 Å². The van der Waals surface area contributed by atoms with Crippen molar-refractivity contribution in [2.24, 2.45) is 5.92 Å². The van der Waals surface area contributed by atoms with Crippen LogP contribution in [0.25, 0.3) is 0 Å². The predicted octanol–water partition coefficient (Wildman–Crippen LogP) is 1.32. The van der Waals surface area contributed by atoms with Gasteiger partial charge >= 0.3 is 0 Å². The monoisotopic (exact) mass is 188 g/mol. The Balaban J connectivity index is 1.90. The molecule has 0 aromatic heterocycles. The predicted molar refractivity (Wildman–Crippen MR) is 55.7 cm³/mol. The summed E-state index contributed by atoms with van der Waals surface area (Å²) in [6.07, 6.45) is 4.01. The number of nitrogens with one attached hydrogen (secondary N) is 1. The van der Waals surface area contributed by atoms with E-state index in [-0.39, 0.29) is 6.04 Å². The molecule has 73 valence electrons. The van der Waals surface area contributed by atoms with Gasteiger partial charge in [-0.1, -0.05) is 30.3 Å². The van der Waals surface area contributed by atoms with Crippen LogP contribution in [0.3, 0.4) is 0 Å². The molecular weight excluding hydrogens is 174 g/mol. The van der Waals surface area contributed by atoms with E-state index in [0.29, 0.717) is 5.92 Å². The number of hydrogen-bond donors (Lipinski definition) is 1. The molecule has 2 atom stereocenters. The van der Waals surface area contributed by atoms with Gasteiger partial charge in [0.2, 0.25) is 6.29 Å². The number of benzene rings is 1. The molecule has 0 unspecified atom stereocenters. The Kier molecular flexibility index (Phi) is 2.94. The first-order valence-electron chi connectivity index (χ1n) is 5.03. The highest BCUT2D eigenvalue weighted by atomic mass is 16.1. The Morgan fingerprint density at radius 3 is 2.79 bits per heavy atom. The molecule has 0 amide bonds. The van der Waals surface area contributed by atoms with Crippen molar-refractivity contribution in [1.82, 2.24) is 5.32 Å². The lowest BCUT2D eigenvalue weighted by atomic mass is 9.97. The highest BCUT2D eigenvalue weighted by Gasteiger charge is 2.23. The first-order valence-corrected chi connectivity index (χ1v) is 5.03. The molecule has 14 heavy (non-hydrogen) atoms. The summed E-state index contributed by atoms with van der Waals surface area (Å²) in [5, 5.41) is 3.15. The van der Waals surface area contributed by atoms with Crippen molar-refractivity contribution < 1.29 is 4.79 Å². The van der Waals surface area contributed by atoms with Gasteiger partial charge < -0.3 is 5.32 Å². The van der Waals surface area contributed by atoms with Gasteiger partial charge in [-0.15, -0.1) is 0 Å². The van der Waals surface area contributed by atoms with E-state index >= 15 is 0 Å². The highest BCUT2D eigenvalue weighted by Crippen LogP contribution is 2.17. The summed E-state index contributed by atoms with van der Waals surface area (Å²) >= 11 is 0. The number of carbonyl (C=O) groups excluding carboxylic acids is 1. The Morgan fingerprint density at radius 2 is 2.14 bits per heavy atom. The average molecular weight is 188 g/mol. The van der Waals surface area contributed by atoms with Crippen LogP contribution in [-0.4, -0.2) is 18.9 Å². The van der Waals surface area contributed by atoms with E-state index in [1.165, 1.54) is 5.56 Å². The van der Waals surface area contributed by atoms with E-state index < -0.39 is 0 Å². The van der Waals surface area contributed by atoms with Crippen molar-refractivity contribution in [1.29, 1.82) is 0 Å². The fraction of sp³-hybridized carbons (Fsp3) is 0.417. The highest BCUT2D eigenvalue weighted by molar-refractivity contribution is 5.59. The van der Waals surface area contributed by atoms with Crippen molar-refractivity contribution in [3.63, 3.8) is 0 Å². The SMILES string of the molecule is O=[C][C@@H]1C[C@H](Cc2ccccc2)CN1. The number of hydrogen-bond acceptors (Lipinski definition) is 2. The van der Waals surface area contributed by atoms with Gasteiger partial charge in [0, 0.05) is 0 Å². The Labute approximate surface area is 84.3 Å². The van der Waals surface area contributed by atoms with Crippen molar-refractivity contribution in [3.05, 3.63) is 35.9 Å². The normalized spacial score (nSPS) is 26.3. The van der Waals surface area contributed by atoms with Gasteiger partial charge in [0.25, 0.3) is 0 Å². The molecule has 1 aromatic rings. The molecule has 1 saturated heterocycles. The molecule has 0 saturated carbocycles. The van der Waals surface area contributed by atoms with Crippen LogP contribution in [0, 0.1) is 5.92 Å². The second-order valence-electron chi connectivity index (χ2n) is 3.87. The summed E-state index contributed by atoms with van der Waals surface area (Å²) in [4.78, 5) is 10.4. The minimum atomic E-state index is -0.0382. The second-order valence-corrected chi connectivity index (χ2v) is 3.87. The van der Waals surface area contributed by atoms with Gasteiger partial charge in [0.15, 0.2) is 0 Å². The largest absolute Gasteiger partial charge is 0.307 e. The summed E-state index contributed by atoms with van der Waals surface area (Å²) in [5.41, 5.74) is 1.35. The quantitative estimate of drug-likeness (QED) is 0.775. The van der Waals surface area contributed by atoms with E-state index in [9.17, 15) is 4.79 Å². The van der Waals surface area contributed by atoms with E-state index in [0.717, 1.165) is 19.4 Å². The van der Waals surface area contributed by atoms with Crippen molar-refractivity contribution in [2.75, 3.05) is 6.54 Å². The third-order valence-corrected chi connectivity index (χ3v) is 2.73. The maximum atomic E-state index is 10.4. The topological polar surface area (TPSA) is 29.1 Å². The Morgan fingerprint density at radius 1 is 1.36 bits per heavy atom. The van der Waals surface area contributed by atoms with Crippen LogP contribution < -0.4 is 5.32 Å². The zero-order valence-electron chi connectivity index (χ0n) is 8.07. The van der Waals surface area contributed by atoms with E-state index in [2.05, 4.69) is 29.6 Å². The molecule has 1 aliphatic rings. The van der Waals surface area contributed by atoms with Crippen LogP contribution >= 0.6 is 0 Å². The van der Waals surface area contributed by atoms with E-state index in [4.69, 9.17) is 0 Å². The summed E-state index contributed by atoms with van der Waals surface area (Å²) < 4.78 is 0. The first kappa shape index (κ1) is 9.41. The van der Waals surface area contributed by atoms with E-state index in [1.807, 2.05) is 12.4 Å². The third kappa shape index (κ3) is 2.20. The lowest BCUT2D eigenvalue weighted by Gasteiger charge is -2.07. The minimum Gasteiger partial charge on any atom is -0.307 e. The lowest BCUT2D eigenvalue weighted by Crippen LogP contribution is -2.22. The van der Waals surface area contributed by atoms with Gasteiger partial charge in [-0.3, -0.25) is 4.79 Å². The zero-order chi connectivity index (χ0) is 9.80. The molecule has 1 aliphatic heterocycles. The van der Waals surface area contributed by atoms with Crippen LogP contribution in [0.5, 0.6) is 0 Å². The molecule has 0 bridgehead atoms. The molecule has 1 fully saturated rings. The van der Waals surface area contributed by atoms with Gasteiger partial charge in [-0.25, -0.2) is 0 Å². The van der Waals surface area contributed by atoms with Gasteiger partial charge in [-0.05, 0) is 30.9 Å². The molecule has 1 aromatic carbocycles. The van der Waals surface area contributed by atoms with Crippen LogP contribution in [0.1, 0.15) is 12.0 Å². The van der Waals surface area contributed by atoms with Crippen LogP contribution in [0.4, 0.5) is 0 Å². The van der Waals surface area contributed by atoms with Crippen molar-refractivity contribution in [3.8, 4) is 0 Å². The molecule has 2 heteroatoms. The molecule has 1 radical (unpaired) electrons.